The summed E-state index contributed by atoms with van der Waals surface area (Å²) in [6.07, 6.45) is 1.52. The largest absolute Gasteiger partial charge is 0.508 e. The van der Waals surface area contributed by atoms with E-state index in [1.54, 1.807) is 67.8 Å². The summed E-state index contributed by atoms with van der Waals surface area (Å²) in [4.78, 5) is 37.2. The molecule has 0 atom stereocenters. The lowest BCUT2D eigenvalue weighted by atomic mass is 9.98. The SMILES string of the molecule is COc1cccc(C(=O)c2ccc(C(=O)CC(=O)CCCc3ccc(O)cc3)cc2)c1. The first kappa shape index (κ1) is 22.0. The fourth-order valence-electron chi connectivity index (χ4n) is 3.26. The first-order valence-corrected chi connectivity index (χ1v) is 10.1. The third kappa shape index (κ3) is 6.12. The van der Waals surface area contributed by atoms with Gasteiger partial charge in [-0.1, -0.05) is 48.5 Å². The minimum absolute atomic E-state index is 0.111. The van der Waals surface area contributed by atoms with Crippen LogP contribution in [0.25, 0.3) is 0 Å². The Morgan fingerprint density at radius 1 is 0.839 bits per heavy atom. The van der Waals surface area contributed by atoms with Gasteiger partial charge in [-0.3, -0.25) is 14.4 Å². The van der Waals surface area contributed by atoms with Gasteiger partial charge in [0.1, 0.15) is 17.3 Å². The van der Waals surface area contributed by atoms with E-state index in [2.05, 4.69) is 0 Å². The molecule has 0 aliphatic heterocycles. The number of aryl methyl sites for hydroxylation is 1. The lowest BCUT2D eigenvalue weighted by Gasteiger charge is -2.06. The van der Waals surface area contributed by atoms with Crippen LogP contribution < -0.4 is 4.74 Å². The van der Waals surface area contributed by atoms with Gasteiger partial charge in [-0.15, -0.1) is 0 Å². The van der Waals surface area contributed by atoms with Crippen molar-refractivity contribution in [3.63, 3.8) is 0 Å². The molecule has 3 aromatic rings. The minimum atomic E-state index is -0.255. The van der Waals surface area contributed by atoms with Crippen molar-refractivity contribution in [3.8, 4) is 11.5 Å². The third-order valence-electron chi connectivity index (χ3n) is 5.02. The van der Waals surface area contributed by atoms with Crippen LogP contribution in [0.4, 0.5) is 0 Å². The average Bonchev–Trinajstić information content (AvgIpc) is 2.80. The van der Waals surface area contributed by atoms with E-state index in [0.29, 0.717) is 41.7 Å². The van der Waals surface area contributed by atoms with E-state index in [0.717, 1.165) is 5.56 Å². The number of carbonyl (C=O) groups excluding carboxylic acids is 3. The Bertz CT molecular complexity index is 1070. The van der Waals surface area contributed by atoms with Crippen molar-refractivity contribution >= 4 is 17.3 Å². The number of methoxy groups -OCH3 is 1. The van der Waals surface area contributed by atoms with E-state index in [1.165, 1.54) is 0 Å². The van der Waals surface area contributed by atoms with Crippen molar-refractivity contribution in [2.24, 2.45) is 0 Å². The van der Waals surface area contributed by atoms with Crippen LogP contribution >= 0.6 is 0 Å². The summed E-state index contributed by atoms with van der Waals surface area (Å²) in [5, 5.41) is 9.29. The molecule has 0 bridgehead atoms. The number of hydrogen-bond donors (Lipinski definition) is 1. The normalized spacial score (nSPS) is 10.5. The van der Waals surface area contributed by atoms with Crippen LogP contribution in [0, 0.1) is 0 Å². The molecule has 31 heavy (non-hydrogen) atoms. The fourth-order valence-corrected chi connectivity index (χ4v) is 3.26. The summed E-state index contributed by atoms with van der Waals surface area (Å²) in [5.74, 6) is 0.279. The molecular weight excluding hydrogens is 392 g/mol. The van der Waals surface area contributed by atoms with E-state index >= 15 is 0 Å². The van der Waals surface area contributed by atoms with E-state index in [1.807, 2.05) is 12.1 Å². The molecule has 3 rings (SSSR count). The molecule has 5 nitrogen and oxygen atoms in total. The second kappa shape index (κ2) is 10.3. The zero-order valence-electron chi connectivity index (χ0n) is 17.3. The van der Waals surface area contributed by atoms with Gasteiger partial charge >= 0.3 is 0 Å². The summed E-state index contributed by atoms with van der Waals surface area (Å²) >= 11 is 0. The fraction of sp³-hybridized carbons (Fsp3) is 0.192. The summed E-state index contributed by atoms with van der Waals surface area (Å²) in [5.41, 5.74) is 2.41. The molecule has 5 heteroatoms. The van der Waals surface area contributed by atoms with Crippen LogP contribution in [0.3, 0.4) is 0 Å². The molecule has 0 saturated carbocycles. The number of hydrogen-bond acceptors (Lipinski definition) is 5. The average molecular weight is 416 g/mol. The number of ether oxygens (including phenoxy) is 1. The van der Waals surface area contributed by atoms with Crippen LogP contribution in [0.15, 0.2) is 72.8 Å². The maximum atomic E-state index is 12.6. The van der Waals surface area contributed by atoms with Crippen LogP contribution in [0.1, 0.15) is 51.1 Å². The van der Waals surface area contributed by atoms with Gasteiger partial charge in [0.15, 0.2) is 11.6 Å². The van der Waals surface area contributed by atoms with Gasteiger partial charge in [0.2, 0.25) is 0 Å². The highest BCUT2D eigenvalue weighted by molar-refractivity contribution is 6.11. The zero-order valence-corrected chi connectivity index (χ0v) is 17.3. The molecule has 158 valence electrons. The standard InChI is InChI=1S/C26H24O5/c1-31-24-7-3-5-21(16-24)26(30)20-12-10-19(11-13-20)25(29)17-23(28)6-2-4-18-8-14-22(27)15-9-18/h3,5,7-16,27H,2,4,6,17H2,1H3. The van der Waals surface area contributed by atoms with Crippen molar-refractivity contribution in [2.45, 2.75) is 25.7 Å². The number of rotatable bonds is 10. The van der Waals surface area contributed by atoms with Crippen LogP contribution in [0.2, 0.25) is 0 Å². The number of carbonyl (C=O) groups is 3. The van der Waals surface area contributed by atoms with Gasteiger partial charge in [0.05, 0.1) is 13.5 Å². The van der Waals surface area contributed by atoms with E-state index in [9.17, 15) is 19.5 Å². The van der Waals surface area contributed by atoms with E-state index in [4.69, 9.17) is 4.74 Å². The Kier molecular flexibility index (Phi) is 7.33. The number of benzene rings is 3. The topological polar surface area (TPSA) is 80.7 Å². The highest BCUT2D eigenvalue weighted by Crippen LogP contribution is 2.18. The number of ketones is 3. The summed E-state index contributed by atoms with van der Waals surface area (Å²) in [6, 6.07) is 20.1. The Balaban J connectivity index is 1.52. The maximum Gasteiger partial charge on any atom is 0.193 e. The van der Waals surface area contributed by atoms with Crippen LogP contribution in [0.5, 0.6) is 11.5 Å². The first-order chi connectivity index (χ1) is 15.0. The maximum absolute atomic E-state index is 12.6. The summed E-state index contributed by atoms with van der Waals surface area (Å²) < 4.78 is 5.15. The van der Waals surface area contributed by atoms with E-state index in [-0.39, 0.29) is 29.5 Å². The molecule has 1 N–H and O–H groups in total. The van der Waals surface area contributed by atoms with Gasteiger partial charge in [0, 0.05) is 23.1 Å². The van der Waals surface area contributed by atoms with Crippen molar-refractivity contribution in [3.05, 3.63) is 95.1 Å². The molecule has 3 aromatic carbocycles. The molecular formula is C26H24O5. The predicted molar refractivity (Wildman–Crippen MR) is 118 cm³/mol. The second-order valence-electron chi connectivity index (χ2n) is 7.30. The van der Waals surface area contributed by atoms with Gasteiger partial charge in [-0.25, -0.2) is 0 Å². The molecule has 0 heterocycles. The predicted octanol–water partition coefficient (Wildman–Crippen LogP) is 4.80. The Labute approximate surface area is 181 Å². The Morgan fingerprint density at radius 3 is 2.19 bits per heavy atom. The van der Waals surface area contributed by atoms with Gasteiger partial charge in [0.25, 0.3) is 0 Å². The van der Waals surface area contributed by atoms with Crippen molar-refractivity contribution < 1.29 is 24.2 Å². The molecule has 0 aromatic heterocycles. The number of phenolic OH excluding ortho intramolecular Hbond substituents is 1. The van der Waals surface area contributed by atoms with Crippen molar-refractivity contribution in [1.29, 1.82) is 0 Å². The number of Topliss-reactive ketones (excluding diaryl/α,β-unsaturated/α-hetero) is 2. The molecule has 0 saturated heterocycles. The Hall–Kier alpha value is -3.73. The van der Waals surface area contributed by atoms with Gasteiger partial charge < -0.3 is 9.84 Å². The van der Waals surface area contributed by atoms with Crippen LogP contribution in [-0.4, -0.2) is 29.6 Å². The minimum Gasteiger partial charge on any atom is -0.508 e. The van der Waals surface area contributed by atoms with E-state index < -0.39 is 0 Å². The quantitative estimate of drug-likeness (QED) is 0.379. The number of phenols is 1. The highest BCUT2D eigenvalue weighted by Gasteiger charge is 2.14. The highest BCUT2D eigenvalue weighted by atomic mass is 16.5. The van der Waals surface area contributed by atoms with Gasteiger partial charge in [-0.05, 0) is 42.7 Å². The third-order valence-corrected chi connectivity index (χ3v) is 5.02. The lowest BCUT2D eigenvalue weighted by Crippen LogP contribution is -2.09. The molecule has 0 spiro atoms. The summed E-state index contributed by atoms with van der Waals surface area (Å²) in [6.45, 7) is 0. The monoisotopic (exact) mass is 416 g/mol. The zero-order chi connectivity index (χ0) is 22.2. The number of aromatic hydroxyl groups is 1. The Morgan fingerprint density at radius 2 is 1.52 bits per heavy atom. The van der Waals surface area contributed by atoms with Crippen LogP contribution in [-0.2, 0) is 11.2 Å². The molecule has 0 amide bonds. The first-order valence-electron chi connectivity index (χ1n) is 10.1. The molecule has 0 radical (unpaired) electrons. The molecule has 0 aliphatic rings. The smallest absolute Gasteiger partial charge is 0.193 e. The molecule has 0 fully saturated rings. The molecule has 0 aliphatic carbocycles. The molecule has 0 unspecified atom stereocenters. The van der Waals surface area contributed by atoms with Crippen molar-refractivity contribution in [1.82, 2.24) is 0 Å². The lowest BCUT2D eigenvalue weighted by molar-refractivity contribution is -0.118. The second-order valence-corrected chi connectivity index (χ2v) is 7.30. The summed E-state index contributed by atoms with van der Waals surface area (Å²) in [7, 11) is 1.54. The van der Waals surface area contributed by atoms with Gasteiger partial charge in [-0.2, -0.15) is 0 Å². The van der Waals surface area contributed by atoms with Crippen molar-refractivity contribution in [2.75, 3.05) is 7.11 Å².